The topological polar surface area (TPSA) is 87.9 Å². The fourth-order valence-electron chi connectivity index (χ4n) is 3.19. The Morgan fingerprint density at radius 3 is 2.64 bits per heavy atom. The zero-order chi connectivity index (χ0) is 20.3. The molecular formula is C20H23ClN4O2S. The van der Waals surface area contributed by atoms with Crippen LogP contribution in [0.5, 0.6) is 5.75 Å². The van der Waals surface area contributed by atoms with Gasteiger partial charge < -0.3 is 10.1 Å². The predicted molar refractivity (Wildman–Crippen MR) is 109 cm³/mol. The number of carbonyl (C=O) groups is 1. The third-order valence-electron chi connectivity index (χ3n) is 4.89. The van der Waals surface area contributed by atoms with Crippen molar-refractivity contribution in [3.63, 3.8) is 0 Å². The van der Waals surface area contributed by atoms with Crippen LogP contribution in [-0.4, -0.2) is 28.3 Å². The van der Waals surface area contributed by atoms with E-state index in [1.807, 2.05) is 20.8 Å². The van der Waals surface area contributed by atoms with Crippen LogP contribution in [0.3, 0.4) is 0 Å². The van der Waals surface area contributed by atoms with Crippen LogP contribution in [-0.2, 0) is 0 Å². The van der Waals surface area contributed by atoms with E-state index in [0.29, 0.717) is 21.3 Å². The molecule has 0 atom stereocenters. The Bertz CT molecular complexity index is 898. The molecule has 1 fully saturated rings. The molecular weight excluding hydrogens is 396 g/mol. The van der Waals surface area contributed by atoms with Gasteiger partial charge in [-0.1, -0.05) is 36.8 Å². The Morgan fingerprint density at radius 2 is 2.04 bits per heavy atom. The lowest BCUT2D eigenvalue weighted by Gasteiger charge is -2.29. The van der Waals surface area contributed by atoms with Crippen molar-refractivity contribution in [2.24, 2.45) is 0 Å². The van der Waals surface area contributed by atoms with Crippen LogP contribution in [0.25, 0.3) is 0 Å². The fraction of sp³-hybridized carbons (Fsp3) is 0.500. The van der Waals surface area contributed by atoms with Gasteiger partial charge in [-0.3, -0.25) is 4.79 Å². The molecule has 1 saturated carbocycles. The minimum absolute atomic E-state index is 0.0740. The third-order valence-corrected chi connectivity index (χ3v) is 6.60. The maximum atomic E-state index is 12.4. The number of hydrogen-bond donors (Lipinski definition) is 1. The lowest BCUT2D eigenvalue weighted by Crippen LogP contribution is -2.39. The molecule has 6 nitrogen and oxygen atoms in total. The number of amides is 1. The van der Waals surface area contributed by atoms with E-state index in [4.69, 9.17) is 21.6 Å². The first-order chi connectivity index (χ1) is 13.4. The van der Waals surface area contributed by atoms with Crippen molar-refractivity contribution < 1.29 is 9.53 Å². The molecule has 0 bridgehead atoms. The van der Waals surface area contributed by atoms with E-state index in [2.05, 4.69) is 21.6 Å². The number of benzene rings is 1. The van der Waals surface area contributed by atoms with Crippen LogP contribution in [0.15, 0.2) is 12.1 Å². The molecule has 1 aliphatic rings. The van der Waals surface area contributed by atoms with Gasteiger partial charge in [0.2, 0.25) is 5.01 Å². The summed E-state index contributed by atoms with van der Waals surface area (Å²) in [4.78, 5) is 12.4. The van der Waals surface area contributed by atoms with Gasteiger partial charge in [0, 0.05) is 17.5 Å². The minimum atomic E-state index is -0.150. The number of aromatic nitrogens is 2. The summed E-state index contributed by atoms with van der Waals surface area (Å²) in [6.07, 6.45) is 3.44. The zero-order valence-electron chi connectivity index (χ0n) is 16.2. The number of nitrogens with zero attached hydrogens (tertiary/aromatic N) is 3. The molecule has 2 aromatic rings. The first kappa shape index (κ1) is 20.6. The van der Waals surface area contributed by atoms with Gasteiger partial charge in [-0.15, -0.1) is 10.2 Å². The Hall–Kier alpha value is -2.17. The molecule has 1 aliphatic carbocycles. The second-order valence-electron chi connectivity index (χ2n) is 7.33. The molecule has 0 saturated heterocycles. The smallest absolute Gasteiger partial charge is 0.282 e. The molecule has 148 valence electrons. The molecule has 1 amide bonds. The van der Waals surface area contributed by atoms with E-state index in [-0.39, 0.29) is 24.0 Å². The lowest BCUT2D eigenvalue weighted by atomic mass is 9.93. The van der Waals surface area contributed by atoms with E-state index in [0.717, 1.165) is 36.3 Å². The van der Waals surface area contributed by atoms with Crippen LogP contribution in [0, 0.1) is 18.3 Å². The number of nitriles is 1. The maximum absolute atomic E-state index is 12.4. The molecule has 0 spiro atoms. The number of halogens is 1. The van der Waals surface area contributed by atoms with Crippen LogP contribution < -0.4 is 10.1 Å². The fourth-order valence-corrected chi connectivity index (χ4v) is 4.14. The summed E-state index contributed by atoms with van der Waals surface area (Å²) in [5.74, 6) is 0.834. The molecule has 0 aliphatic heterocycles. The van der Waals surface area contributed by atoms with E-state index in [1.165, 1.54) is 11.3 Å². The SMILES string of the molecule is Cc1c(OC2CCC(NC(=O)c3nnc(C(C)C)s3)CC2)ccc(C#N)c1Cl. The van der Waals surface area contributed by atoms with E-state index < -0.39 is 0 Å². The molecule has 0 unspecified atom stereocenters. The van der Waals surface area contributed by atoms with Crippen LogP contribution >= 0.6 is 22.9 Å². The Morgan fingerprint density at radius 1 is 1.32 bits per heavy atom. The van der Waals surface area contributed by atoms with Gasteiger partial charge in [0.25, 0.3) is 5.91 Å². The van der Waals surface area contributed by atoms with Crippen molar-refractivity contribution in [3.8, 4) is 11.8 Å². The summed E-state index contributed by atoms with van der Waals surface area (Å²) < 4.78 is 6.11. The first-order valence-corrected chi connectivity index (χ1v) is 10.6. The quantitative estimate of drug-likeness (QED) is 0.765. The summed E-state index contributed by atoms with van der Waals surface area (Å²) in [5, 5.41) is 21.9. The van der Waals surface area contributed by atoms with Crippen molar-refractivity contribution in [3.05, 3.63) is 38.3 Å². The van der Waals surface area contributed by atoms with Gasteiger partial charge in [0.05, 0.1) is 16.7 Å². The molecule has 1 aromatic carbocycles. The average molecular weight is 419 g/mol. The minimum Gasteiger partial charge on any atom is -0.490 e. The zero-order valence-corrected chi connectivity index (χ0v) is 17.7. The molecule has 8 heteroatoms. The van der Waals surface area contributed by atoms with Crippen molar-refractivity contribution >= 4 is 28.8 Å². The summed E-state index contributed by atoms with van der Waals surface area (Å²) in [6.45, 7) is 5.93. The summed E-state index contributed by atoms with van der Waals surface area (Å²) in [5.41, 5.74) is 1.24. The monoisotopic (exact) mass is 418 g/mol. The van der Waals surface area contributed by atoms with Crippen molar-refractivity contribution in [2.75, 3.05) is 0 Å². The van der Waals surface area contributed by atoms with Gasteiger partial charge in [0.15, 0.2) is 0 Å². The summed E-state index contributed by atoms with van der Waals surface area (Å²) in [7, 11) is 0. The highest BCUT2D eigenvalue weighted by Gasteiger charge is 2.26. The van der Waals surface area contributed by atoms with Gasteiger partial charge in [0.1, 0.15) is 16.8 Å². The first-order valence-electron chi connectivity index (χ1n) is 9.39. The van der Waals surface area contributed by atoms with Crippen molar-refractivity contribution in [1.82, 2.24) is 15.5 Å². The number of hydrogen-bond acceptors (Lipinski definition) is 6. The molecule has 1 heterocycles. The standard InChI is InChI=1S/C20H23ClN4O2S/c1-11(2)19-24-25-20(28-19)18(26)23-14-5-7-15(8-6-14)27-16-9-4-13(10-22)17(21)12(16)3/h4,9,11,14-15H,5-8H2,1-3H3,(H,23,26). The Balaban J connectivity index is 1.53. The molecule has 3 rings (SSSR count). The highest BCUT2D eigenvalue weighted by Crippen LogP contribution is 2.32. The van der Waals surface area contributed by atoms with Crippen LogP contribution in [0.1, 0.15) is 71.4 Å². The number of rotatable bonds is 5. The second-order valence-corrected chi connectivity index (χ2v) is 8.71. The predicted octanol–water partition coefficient (Wildman–Crippen LogP) is 4.62. The third kappa shape index (κ3) is 4.62. The highest BCUT2D eigenvalue weighted by molar-refractivity contribution is 7.13. The van der Waals surface area contributed by atoms with Gasteiger partial charge in [-0.25, -0.2) is 0 Å². The van der Waals surface area contributed by atoms with E-state index in [9.17, 15) is 4.79 Å². The maximum Gasteiger partial charge on any atom is 0.282 e. The van der Waals surface area contributed by atoms with Crippen molar-refractivity contribution in [2.45, 2.75) is 64.5 Å². The number of carbonyl (C=O) groups excluding carboxylic acids is 1. The Kier molecular flexibility index (Phi) is 6.53. The highest BCUT2D eigenvalue weighted by atomic mass is 35.5. The van der Waals surface area contributed by atoms with E-state index >= 15 is 0 Å². The molecule has 28 heavy (non-hydrogen) atoms. The second kappa shape index (κ2) is 8.89. The van der Waals surface area contributed by atoms with Gasteiger partial charge in [-0.05, 0) is 44.7 Å². The number of ether oxygens (including phenoxy) is 1. The van der Waals surface area contributed by atoms with Gasteiger partial charge in [-0.2, -0.15) is 5.26 Å². The summed E-state index contributed by atoms with van der Waals surface area (Å²) >= 11 is 7.57. The molecule has 1 N–H and O–H groups in total. The molecule has 1 aromatic heterocycles. The Labute approximate surface area is 173 Å². The summed E-state index contributed by atoms with van der Waals surface area (Å²) in [6, 6.07) is 5.68. The lowest BCUT2D eigenvalue weighted by molar-refractivity contribution is 0.0892. The normalized spacial score (nSPS) is 19.3. The van der Waals surface area contributed by atoms with Gasteiger partial charge >= 0.3 is 0 Å². The van der Waals surface area contributed by atoms with E-state index in [1.54, 1.807) is 12.1 Å². The average Bonchev–Trinajstić information content (AvgIpc) is 3.18. The van der Waals surface area contributed by atoms with Crippen LogP contribution in [0.4, 0.5) is 0 Å². The number of nitrogens with one attached hydrogen (secondary N) is 1. The van der Waals surface area contributed by atoms with Crippen molar-refractivity contribution in [1.29, 1.82) is 5.26 Å². The molecule has 0 radical (unpaired) electrons. The van der Waals surface area contributed by atoms with Crippen LogP contribution in [0.2, 0.25) is 5.02 Å². The largest absolute Gasteiger partial charge is 0.490 e.